The Balaban J connectivity index is 1.70. The molecule has 108 valence electrons. The van der Waals surface area contributed by atoms with Crippen LogP contribution in [0.4, 0.5) is 0 Å². The third-order valence-electron chi connectivity index (χ3n) is 4.38. The highest BCUT2D eigenvalue weighted by Gasteiger charge is 2.30. The van der Waals surface area contributed by atoms with Gasteiger partial charge in [0.1, 0.15) is 0 Å². The number of carbonyl (C=O) groups is 2. The Bertz CT molecular complexity index is 320. The van der Waals surface area contributed by atoms with E-state index in [9.17, 15) is 9.59 Å². The summed E-state index contributed by atoms with van der Waals surface area (Å²) in [5.41, 5.74) is 0. The molecule has 0 heterocycles. The number of amides is 2. The molecule has 0 saturated heterocycles. The van der Waals surface area contributed by atoms with Crippen molar-refractivity contribution in [2.24, 2.45) is 11.8 Å². The normalized spacial score (nSPS) is 21.7. The van der Waals surface area contributed by atoms with Crippen molar-refractivity contribution < 1.29 is 9.59 Å². The smallest absolute Gasteiger partial charge is 0.239 e. The van der Waals surface area contributed by atoms with Crippen molar-refractivity contribution in [3.63, 3.8) is 0 Å². The van der Waals surface area contributed by atoms with Crippen LogP contribution in [0.3, 0.4) is 0 Å². The Kier molecular flexibility index (Phi) is 5.23. The molecule has 2 aliphatic rings. The zero-order valence-electron chi connectivity index (χ0n) is 11.9. The molecule has 2 N–H and O–H groups in total. The van der Waals surface area contributed by atoms with E-state index >= 15 is 0 Å². The summed E-state index contributed by atoms with van der Waals surface area (Å²) in [6.45, 7) is 2.26. The van der Waals surface area contributed by atoms with Gasteiger partial charge in [-0.1, -0.05) is 26.2 Å². The maximum atomic E-state index is 11.9. The van der Waals surface area contributed by atoms with Crippen LogP contribution >= 0.6 is 0 Å². The van der Waals surface area contributed by atoms with E-state index in [0.29, 0.717) is 5.92 Å². The summed E-state index contributed by atoms with van der Waals surface area (Å²) in [6, 6.07) is 0.283. The average Bonchev–Trinajstić information content (AvgIpc) is 3.27. The maximum Gasteiger partial charge on any atom is 0.239 e. The van der Waals surface area contributed by atoms with Crippen LogP contribution in [0.1, 0.15) is 58.3 Å². The second kappa shape index (κ2) is 6.92. The van der Waals surface area contributed by atoms with Crippen molar-refractivity contribution in [2.75, 3.05) is 6.54 Å². The number of nitrogens with one attached hydrogen (secondary N) is 2. The maximum absolute atomic E-state index is 11.9. The fourth-order valence-corrected chi connectivity index (χ4v) is 3.00. The minimum Gasteiger partial charge on any atom is -0.352 e. The minimum atomic E-state index is -0.0357. The number of rotatable bonds is 6. The van der Waals surface area contributed by atoms with E-state index in [4.69, 9.17) is 0 Å². The van der Waals surface area contributed by atoms with E-state index in [0.717, 1.165) is 19.3 Å². The number of hydrogen-bond donors (Lipinski definition) is 2. The Hall–Kier alpha value is -1.06. The van der Waals surface area contributed by atoms with Crippen LogP contribution in [0.5, 0.6) is 0 Å². The fourth-order valence-electron chi connectivity index (χ4n) is 3.00. The molecule has 0 bridgehead atoms. The van der Waals surface area contributed by atoms with Crippen molar-refractivity contribution in [1.29, 1.82) is 0 Å². The van der Waals surface area contributed by atoms with Crippen molar-refractivity contribution in [3.05, 3.63) is 0 Å². The molecule has 2 amide bonds. The second-order valence-corrected chi connectivity index (χ2v) is 5.97. The standard InChI is InChI=1S/C15H26N2O2/c1-2-13(11-6-4-3-5-7-11)17-14(18)10-16-15(19)12-8-9-12/h11-13H,2-10H2,1H3,(H,16,19)(H,17,18)/t13-/m0/s1. The van der Waals surface area contributed by atoms with E-state index in [-0.39, 0.29) is 30.3 Å². The Labute approximate surface area is 115 Å². The van der Waals surface area contributed by atoms with Crippen LogP contribution in [-0.2, 0) is 9.59 Å². The van der Waals surface area contributed by atoms with Gasteiger partial charge in [-0.3, -0.25) is 9.59 Å². The predicted octanol–water partition coefficient (Wildman–Crippen LogP) is 1.99. The van der Waals surface area contributed by atoms with Crippen molar-refractivity contribution >= 4 is 11.8 Å². The summed E-state index contributed by atoms with van der Waals surface area (Å²) >= 11 is 0. The van der Waals surface area contributed by atoms with Gasteiger partial charge >= 0.3 is 0 Å². The third kappa shape index (κ3) is 4.51. The van der Waals surface area contributed by atoms with Gasteiger partial charge in [-0.25, -0.2) is 0 Å². The first-order valence-electron chi connectivity index (χ1n) is 7.77. The molecule has 2 rings (SSSR count). The third-order valence-corrected chi connectivity index (χ3v) is 4.38. The summed E-state index contributed by atoms with van der Waals surface area (Å²) in [6.07, 6.45) is 9.30. The van der Waals surface area contributed by atoms with Gasteiger partial charge in [-0.15, -0.1) is 0 Å². The van der Waals surface area contributed by atoms with Crippen molar-refractivity contribution in [3.8, 4) is 0 Å². The van der Waals surface area contributed by atoms with Gasteiger partial charge in [-0.2, -0.15) is 0 Å². The highest BCUT2D eigenvalue weighted by molar-refractivity contribution is 5.86. The first-order valence-corrected chi connectivity index (χ1v) is 7.77. The van der Waals surface area contributed by atoms with Crippen LogP contribution in [-0.4, -0.2) is 24.4 Å². The Morgan fingerprint density at radius 2 is 1.79 bits per heavy atom. The van der Waals surface area contributed by atoms with Crippen LogP contribution in [0.2, 0.25) is 0 Å². The molecular weight excluding hydrogens is 240 g/mol. The molecule has 0 radical (unpaired) electrons. The molecule has 4 heteroatoms. The molecule has 0 aromatic rings. The molecule has 0 spiro atoms. The first-order chi connectivity index (χ1) is 9.20. The van der Waals surface area contributed by atoms with Crippen molar-refractivity contribution in [1.82, 2.24) is 10.6 Å². The van der Waals surface area contributed by atoms with E-state index in [2.05, 4.69) is 17.6 Å². The highest BCUT2D eigenvalue weighted by atomic mass is 16.2. The Morgan fingerprint density at radius 3 is 2.37 bits per heavy atom. The summed E-state index contributed by atoms with van der Waals surface area (Å²) < 4.78 is 0. The lowest BCUT2D eigenvalue weighted by Gasteiger charge is -2.30. The van der Waals surface area contributed by atoms with Crippen molar-refractivity contribution in [2.45, 2.75) is 64.3 Å². The van der Waals surface area contributed by atoms with E-state index < -0.39 is 0 Å². The monoisotopic (exact) mass is 266 g/mol. The molecule has 0 aromatic carbocycles. The van der Waals surface area contributed by atoms with Crippen LogP contribution in [0, 0.1) is 11.8 Å². The number of hydrogen-bond acceptors (Lipinski definition) is 2. The predicted molar refractivity (Wildman–Crippen MR) is 74.5 cm³/mol. The van der Waals surface area contributed by atoms with Gasteiger partial charge in [0.15, 0.2) is 0 Å². The molecule has 0 aliphatic heterocycles. The average molecular weight is 266 g/mol. The molecular formula is C15H26N2O2. The zero-order valence-corrected chi connectivity index (χ0v) is 11.9. The summed E-state index contributed by atoms with van der Waals surface area (Å²) in [7, 11) is 0. The van der Waals surface area contributed by atoms with Crippen LogP contribution in [0.15, 0.2) is 0 Å². The summed E-state index contributed by atoms with van der Waals surface area (Å²) in [5.74, 6) is 0.808. The topological polar surface area (TPSA) is 58.2 Å². The van der Waals surface area contributed by atoms with E-state index in [1.54, 1.807) is 0 Å². The van der Waals surface area contributed by atoms with Gasteiger partial charge in [0.05, 0.1) is 6.54 Å². The molecule has 0 unspecified atom stereocenters. The first kappa shape index (κ1) is 14.4. The molecule has 19 heavy (non-hydrogen) atoms. The molecule has 2 aliphatic carbocycles. The quantitative estimate of drug-likeness (QED) is 0.772. The van der Waals surface area contributed by atoms with Gasteiger partial charge in [0.2, 0.25) is 11.8 Å². The lowest BCUT2D eigenvalue weighted by Crippen LogP contribution is -2.45. The summed E-state index contributed by atoms with van der Waals surface area (Å²) in [5, 5.41) is 5.82. The molecule has 1 atom stereocenters. The SMILES string of the molecule is CC[C@H](NC(=O)CNC(=O)C1CC1)C1CCCCC1. The fraction of sp³-hybridized carbons (Fsp3) is 0.867. The van der Waals surface area contributed by atoms with E-state index in [1.165, 1.54) is 32.1 Å². The van der Waals surface area contributed by atoms with Gasteiger partial charge in [0.25, 0.3) is 0 Å². The summed E-state index contributed by atoms with van der Waals surface area (Å²) in [4.78, 5) is 23.4. The minimum absolute atomic E-state index is 0.0357. The lowest BCUT2D eigenvalue weighted by molar-refractivity contribution is -0.127. The van der Waals surface area contributed by atoms with Gasteiger partial charge in [0, 0.05) is 12.0 Å². The second-order valence-electron chi connectivity index (χ2n) is 5.97. The molecule has 0 aromatic heterocycles. The zero-order chi connectivity index (χ0) is 13.7. The molecule has 2 saturated carbocycles. The molecule has 4 nitrogen and oxygen atoms in total. The van der Waals surface area contributed by atoms with Crippen LogP contribution < -0.4 is 10.6 Å². The highest BCUT2D eigenvalue weighted by Crippen LogP contribution is 2.29. The Morgan fingerprint density at radius 1 is 1.11 bits per heavy atom. The van der Waals surface area contributed by atoms with Crippen LogP contribution in [0.25, 0.3) is 0 Å². The van der Waals surface area contributed by atoms with Gasteiger partial charge < -0.3 is 10.6 Å². The molecule has 2 fully saturated rings. The number of carbonyl (C=O) groups excluding carboxylic acids is 2. The van der Waals surface area contributed by atoms with E-state index in [1.807, 2.05) is 0 Å². The largest absolute Gasteiger partial charge is 0.352 e. The van der Waals surface area contributed by atoms with Gasteiger partial charge in [-0.05, 0) is 38.0 Å². The lowest BCUT2D eigenvalue weighted by atomic mass is 9.83.